The van der Waals surface area contributed by atoms with Gasteiger partial charge in [0, 0.05) is 5.56 Å². The Hall–Kier alpha value is -4.32. The van der Waals surface area contributed by atoms with Crippen LogP contribution < -0.4 is 29.4 Å². The minimum Gasteiger partial charge on any atom is -0.494 e. The maximum Gasteiger partial charge on any atom is 0.244 e. The summed E-state index contributed by atoms with van der Waals surface area (Å²) < 4.78 is 27.9. The second kappa shape index (κ2) is 9.67. The van der Waals surface area contributed by atoms with E-state index >= 15 is 0 Å². The van der Waals surface area contributed by atoms with Gasteiger partial charge in [0.15, 0.2) is 11.5 Å². The van der Waals surface area contributed by atoms with Gasteiger partial charge in [-0.05, 0) is 48.4 Å². The number of nitrogens with one attached hydrogen (secondary N) is 1. The molecule has 1 aromatic heterocycles. The average molecular weight is 463 g/mol. The van der Waals surface area contributed by atoms with Crippen LogP contribution >= 0.6 is 0 Å². The van der Waals surface area contributed by atoms with Gasteiger partial charge in [0.1, 0.15) is 17.4 Å². The van der Waals surface area contributed by atoms with E-state index in [1.165, 1.54) is 21.3 Å². The monoisotopic (exact) mass is 462 g/mol. The van der Waals surface area contributed by atoms with Gasteiger partial charge in [-0.3, -0.25) is 5.10 Å². The molecule has 0 unspecified atom stereocenters. The Labute approximate surface area is 197 Å². The molecule has 2 heterocycles. The summed E-state index contributed by atoms with van der Waals surface area (Å²) in [6.45, 7) is 2.70. The largest absolute Gasteiger partial charge is 0.494 e. The van der Waals surface area contributed by atoms with E-state index in [9.17, 15) is 5.26 Å². The number of hydrogen-bond donors (Lipinski definition) is 2. The first kappa shape index (κ1) is 22.9. The molecule has 34 heavy (non-hydrogen) atoms. The Morgan fingerprint density at radius 3 is 2.32 bits per heavy atom. The van der Waals surface area contributed by atoms with Crippen molar-refractivity contribution in [2.75, 3.05) is 27.9 Å². The molecule has 4 rings (SSSR count). The number of methoxy groups -OCH3 is 3. The summed E-state index contributed by atoms with van der Waals surface area (Å²) in [5, 5.41) is 17.4. The first-order chi connectivity index (χ1) is 16.6. The molecular weight excluding hydrogens is 436 g/mol. The fraction of sp³-hybridized carbons (Fsp3) is 0.280. The number of nitrogens with two attached hydrogens (primary N) is 1. The normalized spacial score (nSPS) is 14.6. The molecule has 9 heteroatoms. The summed E-state index contributed by atoms with van der Waals surface area (Å²) in [5.41, 5.74) is 9.33. The number of fused-ring (bicyclic) bond motifs is 1. The van der Waals surface area contributed by atoms with Gasteiger partial charge in [-0.2, -0.15) is 5.26 Å². The van der Waals surface area contributed by atoms with Crippen molar-refractivity contribution in [2.45, 2.75) is 19.3 Å². The molecule has 0 spiro atoms. The molecule has 0 amide bonds. The maximum atomic E-state index is 9.99. The van der Waals surface area contributed by atoms with Crippen molar-refractivity contribution in [3.05, 3.63) is 59.0 Å². The Balaban J connectivity index is 1.87. The smallest absolute Gasteiger partial charge is 0.244 e. The van der Waals surface area contributed by atoms with Gasteiger partial charge in [0.25, 0.3) is 0 Å². The predicted molar refractivity (Wildman–Crippen MR) is 125 cm³/mol. The highest BCUT2D eigenvalue weighted by Crippen LogP contribution is 2.49. The topological polar surface area (TPSA) is 125 Å². The standard InChI is InChI=1S/C25H26N4O5/c1-5-10-33-16-8-6-14(7-9-16)22-21-20(17(13-26)24(27)34-25(21)29-28-22)15-11-18(30-2)23(32-4)19(12-15)31-3/h6-9,11-12,20H,5,10,27H2,1-4H3,(H,28,29)/t20-/m1/s1. The van der Waals surface area contributed by atoms with Crippen molar-refractivity contribution in [3.8, 4) is 46.2 Å². The molecule has 0 aliphatic carbocycles. The van der Waals surface area contributed by atoms with Crippen LogP contribution in [0.3, 0.4) is 0 Å². The molecule has 1 aliphatic heterocycles. The van der Waals surface area contributed by atoms with Crippen molar-refractivity contribution in [2.24, 2.45) is 5.73 Å². The SMILES string of the molecule is CCCOc1ccc(-c2[nH]nc3c2[C@H](c2cc(OC)c(OC)c(OC)c2)C(C#N)=C(N)O3)cc1. The van der Waals surface area contributed by atoms with Crippen LogP contribution in [0.5, 0.6) is 28.9 Å². The van der Waals surface area contributed by atoms with E-state index in [1.807, 2.05) is 24.3 Å². The number of nitrogens with zero attached hydrogens (tertiary/aromatic N) is 2. The first-order valence-electron chi connectivity index (χ1n) is 10.7. The van der Waals surface area contributed by atoms with Gasteiger partial charge in [-0.15, -0.1) is 5.10 Å². The highest BCUT2D eigenvalue weighted by molar-refractivity contribution is 5.72. The van der Waals surface area contributed by atoms with E-state index in [2.05, 4.69) is 23.2 Å². The van der Waals surface area contributed by atoms with E-state index in [-0.39, 0.29) is 11.5 Å². The molecule has 0 radical (unpaired) electrons. The molecule has 3 aromatic rings. The zero-order valence-electron chi connectivity index (χ0n) is 19.5. The lowest BCUT2D eigenvalue weighted by molar-refractivity contribution is 0.317. The van der Waals surface area contributed by atoms with E-state index in [0.29, 0.717) is 46.6 Å². The van der Waals surface area contributed by atoms with Crippen molar-refractivity contribution in [1.82, 2.24) is 10.2 Å². The Kier molecular flexibility index (Phi) is 6.50. The third-order valence-electron chi connectivity index (χ3n) is 5.58. The van der Waals surface area contributed by atoms with Gasteiger partial charge in [-0.25, -0.2) is 0 Å². The van der Waals surface area contributed by atoms with Crippen LogP contribution in [0.2, 0.25) is 0 Å². The highest BCUT2D eigenvalue weighted by Gasteiger charge is 2.36. The Morgan fingerprint density at radius 2 is 1.76 bits per heavy atom. The molecule has 1 aliphatic rings. The molecule has 176 valence electrons. The predicted octanol–water partition coefficient (Wildman–Crippen LogP) is 4.11. The summed E-state index contributed by atoms with van der Waals surface area (Å²) in [4.78, 5) is 0. The van der Waals surface area contributed by atoms with Crippen LogP contribution in [0.1, 0.15) is 30.4 Å². The number of aromatic amines is 1. The van der Waals surface area contributed by atoms with Crippen LogP contribution in [-0.2, 0) is 0 Å². The van der Waals surface area contributed by atoms with Crippen LogP contribution in [0, 0.1) is 11.3 Å². The number of ether oxygens (including phenoxy) is 5. The first-order valence-corrected chi connectivity index (χ1v) is 10.7. The highest BCUT2D eigenvalue weighted by atomic mass is 16.5. The average Bonchev–Trinajstić information content (AvgIpc) is 3.29. The van der Waals surface area contributed by atoms with E-state index in [0.717, 1.165) is 17.7 Å². The van der Waals surface area contributed by atoms with Crippen molar-refractivity contribution >= 4 is 0 Å². The fourth-order valence-corrected chi connectivity index (χ4v) is 4.00. The zero-order chi connectivity index (χ0) is 24.2. The van der Waals surface area contributed by atoms with Gasteiger partial charge in [0.2, 0.25) is 17.5 Å². The van der Waals surface area contributed by atoms with Crippen LogP contribution in [-0.4, -0.2) is 38.1 Å². The maximum absolute atomic E-state index is 9.99. The zero-order valence-corrected chi connectivity index (χ0v) is 19.5. The van der Waals surface area contributed by atoms with Gasteiger partial charge in [0.05, 0.1) is 45.1 Å². The molecule has 0 bridgehead atoms. The lowest BCUT2D eigenvalue weighted by Gasteiger charge is -2.25. The fourth-order valence-electron chi connectivity index (χ4n) is 4.00. The summed E-state index contributed by atoms with van der Waals surface area (Å²) in [6.07, 6.45) is 0.925. The second-order valence-corrected chi connectivity index (χ2v) is 7.57. The van der Waals surface area contributed by atoms with Gasteiger partial charge < -0.3 is 29.4 Å². The number of allylic oxidation sites excluding steroid dienone is 1. The summed E-state index contributed by atoms with van der Waals surface area (Å²) in [5.74, 6) is 1.87. The van der Waals surface area contributed by atoms with Crippen molar-refractivity contribution in [1.29, 1.82) is 5.26 Å². The van der Waals surface area contributed by atoms with Gasteiger partial charge in [-0.1, -0.05) is 6.92 Å². The van der Waals surface area contributed by atoms with E-state index < -0.39 is 5.92 Å². The number of rotatable bonds is 8. The molecule has 2 aromatic carbocycles. The molecule has 1 atom stereocenters. The number of aromatic nitrogens is 2. The lowest BCUT2D eigenvalue weighted by Crippen LogP contribution is -2.21. The minimum absolute atomic E-state index is 0.00452. The molecule has 0 fully saturated rings. The lowest BCUT2D eigenvalue weighted by atomic mass is 9.82. The molecule has 9 nitrogen and oxygen atoms in total. The Bertz CT molecular complexity index is 1230. The number of hydrogen-bond acceptors (Lipinski definition) is 8. The third kappa shape index (κ3) is 3.94. The quantitative estimate of drug-likeness (QED) is 0.512. The number of benzene rings is 2. The number of H-pyrrole nitrogens is 1. The van der Waals surface area contributed by atoms with Crippen LogP contribution in [0.4, 0.5) is 0 Å². The van der Waals surface area contributed by atoms with Crippen molar-refractivity contribution < 1.29 is 23.7 Å². The van der Waals surface area contributed by atoms with E-state index in [1.54, 1.807) is 12.1 Å². The van der Waals surface area contributed by atoms with Crippen LogP contribution in [0.15, 0.2) is 47.9 Å². The van der Waals surface area contributed by atoms with Gasteiger partial charge >= 0.3 is 0 Å². The van der Waals surface area contributed by atoms with Crippen molar-refractivity contribution in [3.63, 3.8) is 0 Å². The molecule has 3 N–H and O–H groups in total. The molecule has 0 saturated heterocycles. The Morgan fingerprint density at radius 1 is 1.09 bits per heavy atom. The van der Waals surface area contributed by atoms with Crippen LogP contribution in [0.25, 0.3) is 11.3 Å². The molecular formula is C25H26N4O5. The number of nitriles is 1. The summed E-state index contributed by atoms with van der Waals surface area (Å²) in [6, 6.07) is 13.4. The molecule has 0 saturated carbocycles. The summed E-state index contributed by atoms with van der Waals surface area (Å²) in [7, 11) is 4.61. The third-order valence-corrected chi connectivity index (χ3v) is 5.58. The minimum atomic E-state index is -0.577. The summed E-state index contributed by atoms with van der Waals surface area (Å²) >= 11 is 0. The second-order valence-electron chi connectivity index (χ2n) is 7.57. The van der Waals surface area contributed by atoms with E-state index in [4.69, 9.17) is 29.4 Å².